The van der Waals surface area contributed by atoms with Gasteiger partial charge < -0.3 is 5.32 Å². The minimum absolute atomic E-state index is 0.00368. The van der Waals surface area contributed by atoms with Gasteiger partial charge in [0.15, 0.2) is 0 Å². The molecule has 1 aliphatic rings. The largest absolute Gasteiger partial charge is 0.311 e. The Morgan fingerprint density at radius 3 is 2.69 bits per heavy atom. The van der Waals surface area contributed by atoms with E-state index in [1.165, 1.54) is 5.75 Å². The number of amides is 1. The van der Waals surface area contributed by atoms with E-state index >= 15 is 0 Å². The van der Waals surface area contributed by atoms with E-state index in [4.69, 9.17) is 0 Å². The third-order valence-electron chi connectivity index (χ3n) is 5.02. The predicted octanol–water partition coefficient (Wildman–Crippen LogP) is 3.45. The van der Waals surface area contributed by atoms with Crippen molar-refractivity contribution in [3.8, 4) is 0 Å². The summed E-state index contributed by atoms with van der Waals surface area (Å²) in [4.78, 5) is 14.9. The molecule has 1 amide bonds. The molecule has 1 unspecified atom stereocenters. The Morgan fingerprint density at radius 2 is 2.00 bits per heavy atom. The quantitative estimate of drug-likeness (QED) is 0.809. The summed E-state index contributed by atoms with van der Waals surface area (Å²) in [7, 11) is 0. The number of carbonyl (C=O) groups is 1. The molecule has 2 heterocycles. The molecule has 1 aliphatic heterocycles. The fraction of sp³-hybridized carbons (Fsp3) is 0.500. The maximum absolute atomic E-state index is 12.4. The number of hydrogen-bond acceptors (Lipinski definition) is 4. The van der Waals surface area contributed by atoms with Crippen molar-refractivity contribution in [3.05, 3.63) is 48.2 Å². The molecular weight excluding hydrogens is 344 g/mol. The summed E-state index contributed by atoms with van der Waals surface area (Å²) in [5, 5.41) is 7.52. The second kappa shape index (κ2) is 9.24. The first-order valence-electron chi connectivity index (χ1n) is 9.27. The Hall–Kier alpha value is -1.79. The fourth-order valence-corrected chi connectivity index (χ4v) is 4.28. The summed E-state index contributed by atoms with van der Waals surface area (Å²) >= 11 is 1.91. The number of carbonyl (C=O) groups excluding carboxylic acids is 1. The van der Waals surface area contributed by atoms with Gasteiger partial charge in [-0.15, -0.1) is 0 Å². The highest BCUT2D eigenvalue weighted by molar-refractivity contribution is 7.98. The molecule has 0 spiro atoms. The van der Waals surface area contributed by atoms with Crippen LogP contribution in [0.1, 0.15) is 31.4 Å². The normalized spacial score (nSPS) is 17.2. The topological polar surface area (TPSA) is 50.2 Å². The zero-order valence-electron chi connectivity index (χ0n) is 15.6. The molecule has 1 atom stereocenters. The van der Waals surface area contributed by atoms with Crippen LogP contribution in [-0.2, 0) is 11.2 Å². The van der Waals surface area contributed by atoms with Crippen LogP contribution in [0.3, 0.4) is 0 Å². The van der Waals surface area contributed by atoms with E-state index in [0.29, 0.717) is 18.5 Å². The highest BCUT2D eigenvalue weighted by Crippen LogP contribution is 2.26. The number of aromatic nitrogens is 2. The van der Waals surface area contributed by atoms with Gasteiger partial charge in [0.25, 0.3) is 0 Å². The molecule has 0 bridgehead atoms. The lowest BCUT2D eigenvalue weighted by atomic mass is 10.0. The molecule has 0 aliphatic carbocycles. The van der Waals surface area contributed by atoms with Gasteiger partial charge in [0, 0.05) is 31.0 Å². The molecule has 1 aromatic carbocycles. The smallest absolute Gasteiger partial charge is 0.229 e. The standard InChI is InChI=1S/C20H28N4OS/c1-16(15-26-2)23-12-9-18(10-13-23)24-19(8-11-21-24)22-20(25)14-17-6-4-3-5-7-17/h3-8,11,16,18H,9-10,12-15H2,1-2H3,(H,22,25). The first-order chi connectivity index (χ1) is 12.7. The van der Waals surface area contributed by atoms with Crippen molar-refractivity contribution in [1.29, 1.82) is 0 Å². The van der Waals surface area contributed by atoms with Gasteiger partial charge >= 0.3 is 0 Å². The van der Waals surface area contributed by atoms with Crippen LogP contribution in [0.15, 0.2) is 42.6 Å². The summed E-state index contributed by atoms with van der Waals surface area (Å²) in [6, 6.07) is 12.7. The highest BCUT2D eigenvalue weighted by Gasteiger charge is 2.25. The van der Waals surface area contributed by atoms with Gasteiger partial charge in [-0.1, -0.05) is 30.3 Å². The summed E-state index contributed by atoms with van der Waals surface area (Å²) in [6.45, 7) is 4.48. The number of rotatable bonds is 7. The van der Waals surface area contributed by atoms with E-state index in [-0.39, 0.29) is 5.91 Å². The van der Waals surface area contributed by atoms with Crippen molar-refractivity contribution in [1.82, 2.24) is 14.7 Å². The van der Waals surface area contributed by atoms with Crippen molar-refractivity contribution >= 4 is 23.5 Å². The van der Waals surface area contributed by atoms with Crippen LogP contribution in [0, 0.1) is 0 Å². The molecule has 2 aromatic rings. The average Bonchev–Trinajstić information content (AvgIpc) is 3.11. The monoisotopic (exact) mass is 372 g/mol. The Labute approximate surface area is 160 Å². The Kier molecular flexibility index (Phi) is 6.74. The van der Waals surface area contributed by atoms with E-state index in [1.807, 2.05) is 52.8 Å². The zero-order chi connectivity index (χ0) is 18.4. The maximum Gasteiger partial charge on any atom is 0.229 e. The number of benzene rings is 1. The molecule has 1 aromatic heterocycles. The van der Waals surface area contributed by atoms with Crippen LogP contribution in [0.2, 0.25) is 0 Å². The number of thioether (sulfide) groups is 1. The van der Waals surface area contributed by atoms with Crippen molar-refractivity contribution in [2.75, 3.05) is 30.4 Å². The number of piperidine rings is 1. The third-order valence-corrected chi connectivity index (χ3v) is 5.84. The minimum atomic E-state index is 0.00368. The van der Waals surface area contributed by atoms with Gasteiger partial charge in [-0.3, -0.25) is 9.69 Å². The number of nitrogens with zero attached hydrogens (tertiary/aromatic N) is 3. The minimum Gasteiger partial charge on any atom is -0.311 e. The van der Waals surface area contributed by atoms with E-state index < -0.39 is 0 Å². The Morgan fingerprint density at radius 1 is 1.27 bits per heavy atom. The molecule has 26 heavy (non-hydrogen) atoms. The molecule has 3 rings (SSSR count). The summed E-state index contributed by atoms with van der Waals surface area (Å²) in [6.07, 6.45) is 6.47. The van der Waals surface area contributed by atoms with Gasteiger partial charge in [-0.25, -0.2) is 4.68 Å². The van der Waals surface area contributed by atoms with Gasteiger partial charge in [0.1, 0.15) is 5.82 Å². The number of anilines is 1. The van der Waals surface area contributed by atoms with E-state index in [2.05, 4.69) is 28.5 Å². The van der Waals surface area contributed by atoms with Crippen LogP contribution in [-0.4, -0.2) is 51.7 Å². The summed E-state index contributed by atoms with van der Waals surface area (Å²) in [5.74, 6) is 1.98. The van der Waals surface area contributed by atoms with Crippen LogP contribution in [0.4, 0.5) is 5.82 Å². The van der Waals surface area contributed by atoms with Crippen molar-refractivity contribution < 1.29 is 4.79 Å². The number of hydrogen-bond donors (Lipinski definition) is 1. The van der Waals surface area contributed by atoms with Crippen LogP contribution >= 0.6 is 11.8 Å². The average molecular weight is 373 g/mol. The third kappa shape index (κ3) is 4.89. The highest BCUT2D eigenvalue weighted by atomic mass is 32.2. The predicted molar refractivity (Wildman–Crippen MR) is 109 cm³/mol. The number of nitrogens with one attached hydrogen (secondary N) is 1. The van der Waals surface area contributed by atoms with E-state index in [1.54, 1.807) is 6.20 Å². The van der Waals surface area contributed by atoms with Crippen molar-refractivity contribution in [2.45, 2.75) is 38.3 Å². The molecule has 0 radical (unpaired) electrons. The first-order valence-corrected chi connectivity index (χ1v) is 10.7. The van der Waals surface area contributed by atoms with Crippen molar-refractivity contribution in [2.24, 2.45) is 0 Å². The van der Waals surface area contributed by atoms with Gasteiger partial charge in [-0.05, 0) is 31.6 Å². The Bertz CT molecular complexity index is 695. The molecule has 1 fully saturated rings. The summed E-state index contributed by atoms with van der Waals surface area (Å²) < 4.78 is 2.00. The van der Waals surface area contributed by atoms with Crippen LogP contribution < -0.4 is 5.32 Å². The fourth-order valence-electron chi connectivity index (χ4n) is 3.59. The SMILES string of the molecule is CSCC(C)N1CCC(n2nccc2NC(=O)Cc2ccccc2)CC1. The van der Waals surface area contributed by atoms with Gasteiger partial charge in [0.05, 0.1) is 18.7 Å². The lowest BCUT2D eigenvalue weighted by molar-refractivity contribution is -0.115. The van der Waals surface area contributed by atoms with Crippen LogP contribution in [0.5, 0.6) is 0 Å². The van der Waals surface area contributed by atoms with Crippen molar-refractivity contribution in [3.63, 3.8) is 0 Å². The first kappa shape index (κ1) is 19.0. The molecule has 140 valence electrons. The van der Waals surface area contributed by atoms with Crippen LogP contribution in [0.25, 0.3) is 0 Å². The lowest BCUT2D eigenvalue weighted by Crippen LogP contribution is -2.41. The molecule has 1 N–H and O–H groups in total. The van der Waals surface area contributed by atoms with E-state index in [9.17, 15) is 4.79 Å². The second-order valence-electron chi connectivity index (χ2n) is 6.94. The summed E-state index contributed by atoms with van der Waals surface area (Å²) in [5.41, 5.74) is 1.02. The second-order valence-corrected chi connectivity index (χ2v) is 7.85. The molecule has 1 saturated heterocycles. The van der Waals surface area contributed by atoms with E-state index in [0.717, 1.165) is 37.3 Å². The molecule has 6 heteroatoms. The number of likely N-dealkylation sites (tertiary alicyclic amines) is 1. The zero-order valence-corrected chi connectivity index (χ0v) is 16.4. The Balaban J connectivity index is 1.56. The lowest BCUT2D eigenvalue weighted by Gasteiger charge is -2.36. The maximum atomic E-state index is 12.4. The van der Waals surface area contributed by atoms with Gasteiger partial charge in [-0.2, -0.15) is 16.9 Å². The van der Waals surface area contributed by atoms with Gasteiger partial charge in [0.2, 0.25) is 5.91 Å². The molecule has 0 saturated carbocycles. The molecule has 5 nitrogen and oxygen atoms in total. The molecular formula is C20H28N4OS.